The Morgan fingerprint density at radius 2 is 1.85 bits per heavy atom. The second-order valence-electron chi connectivity index (χ2n) is 4.22. The van der Waals surface area contributed by atoms with Gasteiger partial charge in [0, 0.05) is 6.07 Å². The summed E-state index contributed by atoms with van der Waals surface area (Å²) < 4.78 is 53.0. The van der Waals surface area contributed by atoms with E-state index in [4.69, 9.17) is 5.73 Å². The quantitative estimate of drug-likeness (QED) is 0.856. The van der Waals surface area contributed by atoms with E-state index in [1.165, 1.54) is 6.07 Å². The summed E-state index contributed by atoms with van der Waals surface area (Å²) in [5.41, 5.74) is 5.62. The summed E-state index contributed by atoms with van der Waals surface area (Å²) in [5, 5.41) is 0. The van der Waals surface area contributed by atoms with Gasteiger partial charge in [0.1, 0.15) is 16.5 Å². The molecule has 2 rings (SSSR count). The molecule has 0 aliphatic heterocycles. The van der Waals surface area contributed by atoms with Crippen LogP contribution in [-0.4, -0.2) is 8.42 Å². The van der Waals surface area contributed by atoms with Gasteiger partial charge in [0.05, 0.1) is 11.4 Å². The Morgan fingerprint density at radius 3 is 2.50 bits per heavy atom. The lowest BCUT2D eigenvalue weighted by Gasteiger charge is -2.13. The van der Waals surface area contributed by atoms with Crippen LogP contribution in [-0.2, 0) is 10.0 Å². The number of benzene rings is 2. The molecule has 0 fully saturated rings. The maximum Gasteiger partial charge on any atom is 0.264 e. The van der Waals surface area contributed by atoms with Gasteiger partial charge in [0.15, 0.2) is 0 Å². The van der Waals surface area contributed by atoms with Crippen LogP contribution in [0.1, 0.15) is 5.56 Å². The van der Waals surface area contributed by atoms with Crippen molar-refractivity contribution in [1.82, 2.24) is 0 Å². The molecule has 0 amide bonds. The van der Waals surface area contributed by atoms with Crippen molar-refractivity contribution in [3.63, 3.8) is 0 Å². The van der Waals surface area contributed by atoms with E-state index in [1.54, 1.807) is 19.1 Å². The minimum absolute atomic E-state index is 0.0364. The molecule has 0 heterocycles. The fourth-order valence-electron chi connectivity index (χ4n) is 1.81. The first-order valence-electron chi connectivity index (χ1n) is 5.64. The Balaban J connectivity index is 2.49. The normalized spacial score (nSPS) is 11.3. The van der Waals surface area contributed by atoms with Crippen molar-refractivity contribution in [2.45, 2.75) is 11.8 Å². The molecule has 0 atom stereocenters. The number of nitrogen functional groups attached to an aromatic ring is 1. The maximum absolute atomic E-state index is 13.5. The van der Waals surface area contributed by atoms with Crippen molar-refractivity contribution in [3.8, 4) is 0 Å². The van der Waals surface area contributed by atoms with Crippen LogP contribution in [0.25, 0.3) is 0 Å². The number of rotatable bonds is 3. The van der Waals surface area contributed by atoms with Gasteiger partial charge in [0.25, 0.3) is 10.0 Å². The predicted molar refractivity (Wildman–Crippen MR) is 72.8 cm³/mol. The van der Waals surface area contributed by atoms with E-state index >= 15 is 0 Å². The molecule has 0 radical (unpaired) electrons. The maximum atomic E-state index is 13.5. The molecule has 0 aliphatic rings. The average Bonchev–Trinajstić information content (AvgIpc) is 2.33. The van der Waals surface area contributed by atoms with E-state index < -0.39 is 27.3 Å². The second-order valence-corrected chi connectivity index (χ2v) is 5.84. The highest BCUT2D eigenvalue weighted by Crippen LogP contribution is 2.26. The summed E-state index contributed by atoms with van der Waals surface area (Å²) in [6.07, 6.45) is 0. The van der Waals surface area contributed by atoms with Crippen molar-refractivity contribution in [2.75, 3.05) is 10.5 Å². The lowest BCUT2D eigenvalue weighted by atomic mass is 10.2. The number of halogens is 2. The van der Waals surface area contributed by atoms with Crippen LogP contribution in [0.2, 0.25) is 0 Å². The molecule has 0 spiro atoms. The van der Waals surface area contributed by atoms with Crippen LogP contribution in [0.15, 0.2) is 41.3 Å². The Labute approximate surface area is 115 Å². The van der Waals surface area contributed by atoms with E-state index in [-0.39, 0.29) is 10.6 Å². The molecular formula is C13H12F2N2O2S. The summed E-state index contributed by atoms with van der Waals surface area (Å²) in [6.45, 7) is 1.56. The van der Waals surface area contributed by atoms with E-state index in [0.29, 0.717) is 5.56 Å². The van der Waals surface area contributed by atoms with Crippen LogP contribution in [0.4, 0.5) is 20.2 Å². The third kappa shape index (κ3) is 2.72. The number of anilines is 2. The monoisotopic (exact) mass is 298 g/mol. The fourth-order valence-corrected chi connectivity index (χ4v) is 3.23. The average molecular weight is 298 g/mol. The molecule has 3 N–H and O–H groups in total. The molecule has 0 bridgehead atoms. The zero-order valence-electron chi connectivity index (χ0n) is 10.5. The largest absolute Gasteiger partial charge is 0.398 e. The molecule has 0 unspecified atom stereocenters. The third-order valence-electron chi connectivity index (χ3n) is 2.68. The molecule has 0 saturated heterocycles. The number of nitrogens with two attached hydrogens (primary N) is 1. The highest BCUT2D eigenvalue weighted by Gasteiger charge is 2.21. The van der Waals surface area contributed by atoms with Gasteiger partial charge in [0.2, 0.25) is 0 Å². The summed E-state index contributed by atoms with van der Waals surface area (Å²) >= 11 is 0. The fraction of sp³-hybridized carbons (Fsp3) is 0.0769. The smallest absolute Gasteiger partial charge is 0.264 e. The highest BCUT2D eigenvalue weighted by molar-refractivity contribution is 7.93. The van der Waals surface area contributed by atoms with Gasteiger partial charge in [-0.3, -0.25) is 4.72 Å². The van der Waals surface area contributed by atoms with Gasteiger partial charge >= 0.3 is 0 Å². The van der Waals surface area contributed by atoms with Crippen LogP contribution in [0.3, 0.4) is 0 Å². The number of nitrogens with one attached hydrogen (secondary N) is 1. The molecule has 20 heavy (non-hydrogen) atoms. The zero-order valence-corrected chi connectivity index (χ0v) is 11.3. The SMILES string of the molecule is Cc1cccc(N)c1S(=O)(=O)Nc1cc(F)ccc1F. The lowest BCUT2D eigenvalue weighted by Crippen LogP contribution is -2.17. The highest BCUT2D eigenvalue weighted by atomic mass is 32.2. The Hall–Kier alpha value is -2.15. The lowest BCUT2D eigenvalue weighted by molar-refractivity contribution is 0.594. The van der Waals surface area contributed by atoms with Gasteiger partial charge < -0.3 is 5.73 Å². The standard InChI is InChI=1S/C13H12F2N2O2S/c1-8-3-2-4-11(16)13(8)20(18,19)17-12-7-9(14)5-6-10(12)15/h2-7,17H,16H2,1H3. The topological polar surface area (TPSA) is 72.2 Å². The molecule has 0 aromatic heterocycles. The van der Waals surface area contributed by atoms with E-state index in [0.717, 1.165) is 18.2 Å². The first kappa shape index (κ1) is 14.3. The minimum atomic E-state index is -4.10. The van der Waals surface area contributed by atoms with E-state index in [2.05, 4.69) is 0 Å². The molecule has 0 saturated carbocycles. The molecule has 106 valence electrons. The molecule has 0 aliphatic carbocycles. The first-order chi connectivity index (χ1) is 9.31. The zero-order chi connectivity index (χ0) is 14.9. The minimum Gasteiger partial charge on any atom is -0.398 e. The Morgan fingerprint density at radius 1 is 1.15 bits per heavy atom. The van der Waals surface area contributed by atoms with Crippen molar-refractivity contribution in [3.05, 3.63) is 53.6 Å². The van der Waals surface area contributed by atoms with Gasteiger partial charge in [-0.1, -0.05) is 12.1 Å². The third-order valence-corrected chi connectivity index (χ3v) is 4.27. The van der Waals surface area contributed by atoms with Crippen LogP contribution < -0.4 is 10.5 Å². The first-order valence-corrected chi connectivity index (χ1v) is 7.12. The van der Waals surface area contributed by atoms with Gasteiger partial charge in [-0.05, 0) is 30.7 Å². The van der Waals surface area contributed by atoms with Crippen LogP contribution >= 0.6 is 0 Å². The summed E-state index contributed by atoms with van der Waals surface area (Å²) in [6, 6.07) is 7.09. The number of aryl methyl sites for hydroxylation is 1. The van der Waals surface area contributed by atoms with E-state index in [9.17, 15) is 17.2 Å². The van der Waals surface area contributed by atoms with Crippen molar-refractivity contribution >= 4 is 21.4 Å². The van der Waals surface area contributed by atoms with Crippen LogP contribution in [0.5, 0.6) is 0 Å². The summed E-state index contributed by atoms with van der Waals surface area (Å²) in [5.74, 6) is -1.62. The van der Waals surface area contributed by atoms with Gasteiger partial charge in [-0.2, -0.15) is 0 Å². The van der Waals surface area contributed by atoms with Crippen molar-refractivity contribution in [1.29, 1.82) is 0 Å². The Bertz CT molecular complexity index is 741. The summed E-state index contributed by atoms with van der Waals surface area (Å²) in [7, 11) is -4.10. The molecule has 2 aromatic carbocycles. The van der Waals surface area contributed by atoms with Gasteiger partial charge in [-0.25, -0.2) is 17.2 Å². The van der Waals surface area contributed by atoms with Crippen LogP contribution in [0, 0.1) is 18.6 Å². The van der Waals surface area contributed by atoms with Crippen molar-refractivity contribution in [2.24, 2.45) is 0 Å². The van der Waals surface area contributed by atoms with Gasteiger partial charge in [-0.15, -0.1) is 0 Å². The number of hydrogen-bond acceptors (Lipinski definition) is 3. The van der Waals surface area contributed by atoms with Crippen molar-refractivity contribution < 1.29 is 17.2 Å². The number of hydrogen-bond donors (Lipinski definition) is 2. The molecule has 4 nitrogen and oxygen atoms in total. The Kier molecular flexibility index (Phi) is 3.63. The predicted octanol–water partition coefficient (Wildman–Crippen LogP) is 2.66. The second kappa shape index (κ2) is 5.09. The molecule has 2 aromatic rings. The molecule has 7 heteroatoms. The van der Waals surface area contributed by atoms with E-state index in [1.807, 2.05) is 4.72 Å². The molecular weight excluding hydrogens is 286 g/mol. The number of sulfonamides is 1. The summed E-state index contributed by atoms with van der Waals surface area (Å²) in [4.78, 5) is -0.149.